The maximum Gasteiger partial charge on any atom is 0.164 e. The van der Waals surface area contributed by atoms with E-state index in [2.05, 4.69) is 133 Å². The third-order valence-corrected chi connectivity index (χ3v) is 10.6. The zero-order chi connectivity index (χ0) is 37.9. The molecule has 54 heavy (non-hydrogen) atoms. The van der Waals surface area contributed by atoms with Crippen molar-refractivity contribution in [3.05, 3.63) is 95.1 Å². The Kier molecular flexibility index (Phi) is 7.10. The van der Waals surface area contributed by atoms with Crippen molar-refractivity contribution in [2.45, 2.75) is 78.6 Å². The van der Waals surface area contributed by atoms with Crippen molar-refractivity contribution in [1.82, 2.24) is 39.9 Å². The lowest BCUT2D eigenvalue weighted by Gasteiger charge is -2.19. The number of aromatic nitrogens is 8. The van der Waals surface area contributed by atoms with Gasteiger partial charge >= 0.3 is 0 Å². The van der Waals surface area contributed by atoms with E-state index >= 15 is 0 Å². The molecule has 3 aromatic heterocycles. The lowest BCUT2D eigenvalue weighted by molar-refractivity contribution is 0.590. The minimum atomic E-state index is -0.0841. The molecule has 0 saturated heterocycles. The summed E-state index contributed by atoms with van der Waals surface area (Å²) in [5, 5.41) is 3.64. The average molecular weight is 707 g/mol. The molecule has 266 valence electrons. The van der Waals surface area contributed by atoms with Crippen LogP contribution >= 0.6 is 0 Å². The Hall–Kier alpha value is -6.20. The number of fused-ring (bicyclic) bond motifs is 20. The Morgan fingerprint density at radius 1 is 0.407 bits per heavy atom. The second-order valence-corrected chi connectivity index (χ2v) is 17.5. The Labute approximate surface area is 314 Å². The fourth-order valence-corrected chi connectivity index (χ4v) is 7.28. The van der Waals surface area contributed by atoms with E-state index < -0.39 is 0 Å². The van der Waals surface area contributed by atoms with Crippen LogP contribution in [0.5, 0.6) is 0 Å². The van der Waals surface area contributed by atoms with Crippen LogP contribution in [-0.4, -0.2) is 39.9 Å². The molecule has 0 fully saturated rings. The first-order chi connectivity index (χ1) is 25.5. The number of hydrogen-bond acceptors (Lipinski definition) is 6. The summed E-state index contributed by atoms with van der Waals surface area (Å²) in [7, 11) is 0. The first-order valence-corrected chi connectivity index (χ1v) is 18.4. The van der Waals surface area contributed by atoms with Crippen LogP contribution < -0.4 is 0 Å². The van der Waals surface area contributed by atoms with Gasteiger partial charge in [-0.1, -0.05) is 105 Å². The van der Waals surface area contributed by atoms with Crippen LogP contribution in [-0.2, 0) is 16.2 Å². The molecule has 2 aliphatic rings. The second kappa shape index (κ2) is 11.4. The zero-order valence-electron chi connectivity index (χ0n) is 32.2. The molecular weight excluding hydrogens is 665 g/mol. The predicted molar refractivity (Wildman–Crippen MR) is 220 cm³/mol. The van der Waals surface area contributed by atoms with Crippen LogP contribution in [0, 0.1) is 12.3 Å². The van der Waals surface area contributed by atoms with Crippen molar-refractivity contribution in [3.63, 3.8) is 0 Å². The number of H-pyrrole nitrogens is 2. The number of hydrogen-bond donors (Lipinski definition) is 2. The minimum absolute atomic E-state index is 0.0735. The van der Waals surface area contributed by atoms with Gasteiger partial charge in [-0.25, -0.2) is 29.9 Å². The number of nitrogens with one attached hydrogen (secondary N) is 2. The van der Waals surface area contributed by atoms with E-state index in [1.807, 2.05) is 18.2 Å². The summed E-state index contributed by atoms with van der Waals surface area (Å²) in [5.41, 5.74) is 10.3. The lowest BCUT2D eigenvalue weighted by atomic mass is 9.85. The van der Waals surface area contributed by atoms with E-state index in [9.17, 15) is 0 Å². The van der Waals surface area contributed by atoms with Gasteiger partial charge < -0.3 is 9.97 Å². The topological polar surface area (TPSA) is 109 Å². The summed E-state index contributed by atoms with van der Waals surface area (Å²) in [5.74, 6) is 5.07. The molecule has 0 aliphatic carbocycles. The summed E-state index contributed by atoms with van der Waals surface area (Å²) in [6.45, 7) is 19.9. The second-order valence-electron chi connectivity index (χ2n) is 17.5. The van der Waals surface area contributed by atoms with E-state index in [1.54, 1.807) is 0 Å². The van der Waals surface area contributed by atoms with Gasteiger partial charge in [0.1, 0.15) is 22.6 Å². The number of rotatable bonds is 0. The van der Waals surface area contributed by atoms with E-state index in [0.717, 1.165) is 49.4 Å². The highest BCUT2D eigenvalue weighted by atomic mass is 15.1. The molecule has 2 aliphatic heterocycles. The Morgan fingerprint density at radius 3 is 1.22 bits per heavy atom. The monoisotopic (exact) mass is 706 g/mol. The van der Waals surface area contributed by atoms with E-state index in [0.29, 0.717) is 45.9 Å². The molecule has 0 amide bonds. The SMILES string of the molecule is C#Cc1ccc2c3nc4nc(nc5[nH]c(nc6nc(nc([nH]3)c2c1)-c1cc(C(C)(C)C)ccc1-6)c1cc(C(C)(C)C)ccc51)-c1cc(C(C)(C)C)ccc1-4. The fraction of sp³-hybridized carbons (Fsp3) is 0.261. The number of benzene rings is 4. The highest BCUT2D eigenvalue weighted by Gasteiger charge is 2.26. The Morgan fingerprint density at radius 2 is 0.778 bits per heavy atom. The highest BCUT2D eigenvalue weighted by Crippen LogP contribution is 2.40. The zero-order valence-corrected chi connectivity index (χ0v) is 32.2. The number of aromatic amines is 2. The van der Waals surface area contributed by atoms with Gasteiger partial charge in [0.05, 0.1) is 0 Å². The van der Waals surface area contributed by atoms with Gasteiger partial charge in [-0.15, -0.1) is 6.42 Å². The molecule has 5 heterocycles. The van der Waals surface area contributed by atoms with Crippen molar-refractivity contribution >= 4 is 44.1 Å². The van der Waals surface area contributed by atoms with Crippen molar-refractivity contribution in [2.75, 3.05) is 0 Å². The third-order valence-electron chi connectivity index (χ3n) is 10.6. The van der Waals surface area contributed by atoms with E-state index in [-0.39, 0.29) is 16.2 Å². The lowest BCUT2D eigenvalue weighted by Crippen LogP contribution is -2.10. The largest absolute Gasteiger partial charge is 0.324 e. The summed E-state index contributed by atoms with van der Waals surface area (Å²) in [6.07, 6.45) is 5.90. The predicted octanol–water partition coefficient (Wildman–Crippen LogP) is 10.7. The van der Waals surface area contributed by atoms with Crippen LogP contribution in [0.25, 0.3) is 89.7 Å². The Balaban J connectivity index is 1.47. The van der Waals surface area contributed by atoms with Crippen LogP contribution in [0.15, 0.2) is 72.8 Å². The first-order valence-electron chi connectivity index (χ1n) is 18.4. The van der Waals surface area contributed by atoms with Gasteiger partial charge in [-0.2, -0.15) is 0 Å². The first kappa shape index (κ1) is 33.6. The smallest absolute Gasteiger partial charge is 0.164 e. The van der Waals surface area contributed by atoms with Crippen molar-refractivity contribution in [1.29, 1.82) is 0 Å². The molecule has 0 saturated carbocycles. The molecule has 7 aromatic rings. The van der Waals surface area contributed by atoms with Gasteiger partial charge in [0.25, 0.3) is 0 Å². The average Bonchev–Trinajstić information content (AvgIpc) is 3.84. The summed E-state index contributed by atoms with van der Waals surface area (Å²) in [4.78, 5) is 38.4. The highest BCUT2D eigenvalue weighted by molar-refractivity contribution is 6.07. The van der Waals surface area contributed by atoms with Gasteiger partial charge in [0.15, 0.2) is 23.3 Å². The molecule has 0 radical (unpaired) electrons. The molecule has 9 rings (SSSR count). The third kappa shape index (κ3) is 5.46. The molecule has 0 spiro atoms. The Bertz CT molecular complexity index is 2950. The molecule has 0 atom stereocenters. The molecule has 8 nitrogen and oxygen atoms in total. The maximum atomic E-state index is 5.90. The quantitative estimate of drug-likeness (QED) is 0.152. The molecule has 8 bridgehead atoms. The molecule has 0 unspecified atom stereocenters. The van der Waals surface area contributed by atoms with Gasteiger partial charge in [0, 0.05) is 49.4 Å². The van der Waals surface area contributed by atoms with Crippen LogP contribution in [0.3, 0.4) is 0 Å². The van der Waals surface area contributed by atoms with Crippen LogP contribution in [0.4, 0.5) is 0 Å². The standard InChI is InChI=1S/C46H42N8/c1-11-24-12-16-28-32(20-24)40-48-36(28)47-37-29-17-13-25(44(2,3)4)21-33(29)41(49-37)50-38-30-18-14-26(45(5,6)7)22-34(30)42(51-38)52-39-31-19-15-27(46(8,9)10)23-35(31)43(53-39)54-40/h1,12-23H,2-10H3,(H2,47,48,49,50,51,52,53,54). The summed E-state index contributed by atoms with van der Waals surface area (Å²) >= 11 is 0. The summed E-state index contributed by atoms with van der Waals surface area (Å²) in [6, 6.07) is 25.4. The van der Waals surface area contributed by atoms with Gasteiger partial charge in [-0.3, -0.25) is 0 Å². The molecule has 4 aromatic carbocycles. The molecule has 8 heteroatoms. The maximum absolute atomic E-state index is 5.90. The summed E-state index contributed by atoms with van der Waals surface area (Å²) < 4.78 is 0. The fourth-order valence-electron chi connectivity index (χ4n) is 7.28. The van der Waals surface area contributed by atoms with Gasteiger partial charge in [-0.05, 0) is 69.3 Å². The van der Waals surface area contributed by atoms with Crippen molar-refractivity contribution < 1.29 is 0 Å². The van der Waals surface area contributed by atoms with Crippen LogP contribution in [0.2, 0.25) is 0 Å². The minimum Gasteiger partial charge on any atom is -0.324 e. The normalized spacial score (nSPS) is 12.9. The van der Waals surface area contributed by atoms with E-state index in [1.165, 1.54) is 16.7 Å². The number of terminal acetylenes is 1. The molecule has 2 N–H and O–H groups in total. The number of nitrogens with zero attached hydrogens (tertiary/aromatic N) is 6. The van der Waals surface area contributed by atoms with Gasteiger partial charge in [0.2, 0.25) is 0 Å². The van der Waals surface area contributed by atoms with E-state index in [4.69, 9.17) is 36.3 Å². The van der Waals surface area contributed by atoms with Crippen molar-refractivity contribution in [2.24, 2.45) is 0 Å². The van der Waals surface area contributed by atoms with Crippen molar-refractivity contribution in [3.8, 4) is 57.9 Å². The van der Waals surface area contributed by atoms with Crippen LogP contribution in [0.1, 0.15) is 84.6 Å². The molecular formula is C46H42N8.